The third-order valence-corrected chi connectivity index (χ3v) is 11.2. The first-order chi connectivity index (χ1) is 33.4. The second-order valence-electron chi connectivity index (χ2n) is 18.7. The Balaban J connectivity index is 4.02. The number of carboxylic acids is 3. The zero-order valence-corrected chi connectivity index (χ0v) is 42.0. The first-order valence-corrected chi connectivity index (χ1v) is 23.4. The lowest BCUT2D eigenvalue weighted by molar-refractivity contribution is -0.152. The summed E-state index contributed by atoms with van der Waals surface area (Å²) in [5.41, 5.74) is 5.63. The Kier molecular flexibility index (Phi) is 26.3. The highest BCUT2D eigenvalue weighted by Crippen LogP contribution is 2.14. The van der Waals surface area contributed by atoms with Crippen LogP contribution in [0.3, 0.4) is 0 Å². The van der Waals surface area contributed by atoms with E-state index in [1.54, 1.807) is 13.8 Å². The van der Waals surface area contributed by atoms with Gasteiger partial charge in [-0.25, -0.2) is 4.79 Å². The molecule has 0 aromatic carbocycles. The molecule has 1 rings (SSSR count). The number of aliphatic carboxylic acids is 3. The fourth-order valence-electron chi connectivity index (χ4n) is 6.99. The number of carbonyl (C=O) groups excluding carboxylic acids is 10. The topological polar surface area (TPSA) is 440 Å². The summed E-state index contributed by atoms with van der Waals surface area (Å²) in [6, 6.07) is -11.9. The number of carbonyl (C=O) groups is 13. The lowest BCUT2D eigenvalue weighted by atomic mass is 9.97. The molecule has 15 N–H and O–H groups in total. The van der Waals surface area contributed by atoms with Crippen LogP contribution in [-0.2, 0) is 62.3 Å². The molecule has 406 valence electrons. The Bertz CT molecular complexity index is 2000. The van der Waals surface area contributed by atoms with Gasteiger partial charge < -0.3 is 78.9 Å². The first kappa shape index (κ1) is 63.0. The Morgan fingerprint density at radius 1 is 0.625 bits per heavy atom. The maximum atomic E-state index is 14.3. The highest BCUT2D eigenvalue weighted by atomic mass is 16.4. The van der Waals surface area contributed by atoms with Crippen molar-refractivity contribution in [2.45, 2.75) is 136 Å². The number of hydrogen-bond acceptors (Lipinski definition) is 15. The Morgan fingerprint density at radius 2 is 1.18 bits per heavy atom. The fraction of sp³-hybridized carbons (Fsp3) is 0.705. The van der Waals surface area contributed by atoms with Gasteiger partial charge in [-0.05, 0) is 57.4 Å². The van der Waals surface area contributed by atoms with Gasteiger partial charge in [0.05, 0.1) is 37.5 Å². The van der Waals surface area contributed by atoms with E-state index in [-0.39, 0.29) is 31.8 Å². The number of rotatable bonds is 16. The van der Waals surface area contributed by atoms with Crippen molar-refractivity contribution in [3.63, 3.8) is 0 Å². The molecule has 0 aliphatic carbocycles. The van der Waals surface area contributed by atoms with Crippen LogP contribution < -0.4 is 53.6 Å². The molecule has 0 saturated carbocycles. The van der Waals surface area contributed by atoms with E-state index in [0.717, 1.165) is 11.8 Å². The van der Waals surface area contributed by atoms with E-state index in [0.29, 0.717) is 6.42 Å². The number of aliphatic hydroxyl groups excluding tert-OH is 1. The Morgan fingerprint density at radius 3 is 1.71 bits per heavy atom. The van der Waals surface area contributed by atoms with Gasteiger partial charge in [0.2, 0.25) is 59.1 Å². The number of nitrogens with two attached hydrogens (primary N) is 1. The van der Waals surface area contributed by atoms with Crippen molar-refractivity contribution in [3.8, 4) is 0 Å². The fourth-order valence-corrected chi connectivity index (χ4v) is 6.99. The van der Waals surface area contributed by atoms with Crippen LogP contribution in [0.2, 0.25) is 0 Å². The summed E-state index contributed by atoms with van der Waals surface area (Å²) in [5, 5.41) is 60.1. The molecule has 28 heteroatoms. The summed E-state index contributed by atoms with van der Waals surface area (Å²) in [7, 11) is 0. The number of hydrogen-bond donors (Lipinski definition) is 14. The van der Waals surface area contributed by atoms with E-state index in [1.807, 2.05) is 5.32 Å². The van der Waals surface area contributed by atoms with E-state index >= 15 is 0 Å². The number of nitrogens with one attached hydrogen (secondary N) is 9. The molecule has 0 spiro atoms. The molecule has 1 aliphatic heterocycles. The highest BCUT2D eigenvalue weighted by Gasteiger charge is 2.40. The molecule has 10 atom stereocenters. The Hall–Kier alpha value is -6.97. The van der Waals surface area contributed by atoms with Gasteiger partial charge in [0.25, 0.3) is 0 Å². The predicted molar refractivity (Wildman–Crippen MR) is 251 cm³/mol. The van der Waals surface area contributed by atoms with Crippen LogP contribution in [0.25, 0.3) is 0 Å². The summed E-state index contributed by atoms with van der Waals surface area (Å²) < 4.78 is 0. The van der Waals surface area contributed by atoms with E-state index in [4.69, 9.17) is 5.73 Å². The normalized spacial score (nSPS) is 24.7. The van der Waals surface area contributed by atoms with Crippen LogP contribution in [0.1, 0.15) is 88.0 Å². The molecule has 0 aromatic heterocycles. The maximum absolute atomic E-state index is 14.3. The van der Waals surface area contributed by atoms with Gasteiger partial charge in [-0.15, -0.1) is 0 Å². The van der Waals surface area contributed by atoms with Gasteiger partial charge in [-0.3, -0.25) is 57.5 Å². The third-order valence-electron chi connectivity index (χ3n) is 11.2. The zero-order chi connectivity index (χ0) is 55.3. The molecular formula is C44H73N11O17. The van der Waals surface area contributed by atoms with Crippen molar-refractivity contribution >= 4 is 77.0 Å². The minimum Gasteiger partial charge on any atom is -0.481 e. The van der Waals surface area contributed by atoms with E-state index in [2.05, 4.69) is 42.5 Å². The van der Waals surface area contributed by atoms with Crippen molar-refractivity contribution < 1.29 is 82.8 Å². The van der Waals surface area contributed by atoms with E-state index < -0.39 is 175 Å². The average molecular weight is 1030 g/mol. The van der Waals surface area contributed by atoms with Gasteiger partial charge in [0.1, 0.15) is 36.3 Å². The molecule has 1 heterocycles. The van der Waals surface area contributed by atoms with Gasteiger partial charge in [-0.2, -0.15) is 0 Å². The van der Waals surface area contributed by atoms with E-state index in [9.17, 15) is 82.8 Å². The smallest absolute Gasteiger partial charge is 0.335 e. The SMILES string of the molecule is CC(C)CN1CC(=O)NC(C)[C@H](NC(=O)CC(C)C(=O)O)C(=O)NC(C(C)C)C(=O)N[C@@H](CCCCN)C(=O)N[C@@H](C(O)C(=O)O)C(=O)NCC(=O)NCC(=O)N[C@H](C(C)C(=O)O)C(=O)NC(C(C)C)C1=O. The second-order valence-corrected chi connectivity index (χ2v) is 18.7. The molecule has 0 bridgehead atoms. The zero-order valence-electron chi connectivity index (χ0n) is 42.0. The summed E-state index contributed by atoms with van der Waals surface area (Å²) in [6.45, 7) is 10.5. The van der Waals surface area contributed by atoms with Crippen LogP contribution in [0, 0.1) is 29.6 Å². The lowest BCUT2D eigenvalue weighted by Crippen LogP contribution is -2.63. The van der Waals surface area contributed by atoms with Crippen LogP contribution in [-0.4, -0.2) is 183 Å². The van der Waals surface area contributed by atoms with Crippen molar-refractivity contribution in [1.29, 1.82) is 0 Å². The van der Waals surface area contributed by atoms with Crippen molar-refractivity contribution in [1.82, 2.24) is 52.8 Å². The molecule has 72 heavy (non-hydrogen) atoms. The number of amides is 10. The highest BCUT2D eigenvalue weighted by molar-refractivity contribution is 5.99. The Labute approximate surface area is 416 Å². The molecule has 6 unspecified atom stereocenters. The number of aliphatic hydroxyl groups is 1. The monoisotopic (exact) mass is 1030 g/mol. The van der Waals surface area contributed by atoms with Crippen molar-refractivity contribution in [2.24, 2.45) is 35.3 Å². The summed E-state index contributed by atoms with van der Waals surface area (Å²) in [5.74, 6) is -20.4. The summed E-state index contributed by atoms with van der Waals surface area (Å²) in [4.78, 5) is 173. The maximum Gasteiger partial charge on any atom is 0.335 e. The minimum atomic E-state index is -2.64. The third kappa shape index (κ3) is 20.8. The lowest BCUT2D eigenvalue weighted by Gasteiger charge is -2.33. The van der Waals surface area contributed by atoms with Crippen LogP contribution >= 0.6 is 0 Å². The second kappa shape index (κ2) is 30.0. The summed E-state index contributed by atoms with van der Waals surface area (Å²) >= 11 is 0. The van der Waals surface area contributed by atoms with Gasteiger partial charge >= 0.3 is 17.9 Å². The van der Waals surface area contributed by atoms with Gasteiger partial charge in [-0.1, -0.05) is 48.5 Å². The van der Waals surface area contributed by atoms with Crippen molar-refractivity contribution in [3.05, 3.63) is 0 Å². The number of unbranched alkanes of at least 4 members (excludes halogenated alkanes) is 1. The molecule has 1 saturated heterocycles. The minimum absolute atomic E-state index is 0.0868. The summed E-state index contributed by atoms with van der Waals surface area (Å²) in [6.07, 6.45) is -2.99. The standard InChI is InChI=1S/C44H73N11O17/c1-19(2)17-55-18-29(59)48-24(9)33(50-26(56)14-22(7)42(67)68)40(65)52-30(20(3)4)38(63)49-25(12-10-11-13-45)36(61)54-34(35(60)44(71)72)37(62)47-15-27(57)46-16-28(58)51-32(23(8)43(69)70)39(64)53-31(21(5)6)41(55)66/h19-25,30-35,60H,10-18,45H2,1-9H3,(H,46,57)(H,47,62)(H,48,59)(H,49,63)(H,50,56)(H,51,58)(H,52,65)(H,53,64)(H,54,61)(H,67,68)(H,69,70)(H,71,72)/t22?,23?,24?,25-,30?,31?,32+,33-,34-,35?/m0/s1. The number of nitrogens with zero attached hydrogens (tertiary/aromatic N) is 1. The molecule has 0 aromatic rings. The number of carboxylic acid groups (broad SMARTS) is 3. The molecule has 0 radical (unpaired) electrons. The molecular weight excluding hydrogens is 955 g/mol. The van der Waals surface area contributed by atoms with Crippen LogP contribution in [0.5, 0.6) is 0 Å². The van der Waals surface area contributed by atoms with Crippen LogP contribution in [0.15, 0.2) is 0 Å². The molecule has 1 aliphatic rings. The first-order valence-electron chi connectivity index (χ1n) is 23.4. The van der Waals surface area contributed by atoms with Gasteiger partial charge in [0.15, 0.2) is 6.10 Å². The van der Waals surface area contributed by atoms with Crippen molar-refractivity contribution in [2.75, 3.05) is 32.7 Å². The predicted octanol–water partition coefficient (Wildman–Crippen LogP) is -5.15. The molecule has 1 fully saturated rings. The van der Waals surface area contributed by atoms with E-state index in [1.165, 1.54) is 41.5 Å². The molecule has 10 amide bonds. The largest absolute Gasteiger partial charge is 0.481 e. The quantitative estimate of drug-likeness (QED) is 0.0643. The average Bonchev–Trinajstić information content (AvgIpc) is 3.28. The molecule has 28 nitrogen and oxygen atoms in total. The van der Waals surface area contributed by atoms with Crippen LogP contribution in [0.4, 0.5) is 0 Å². The van der Waals surface area contributed by atoms with Gasteiger partial charge in [0, 0.05) is 13.0 Å².